The number of H-pyrrole nitrogens is 1. The van der Waals surface area contributed by atoms with Gasteiger partial charge in [-0.05, 0) is 12.5 Å². The zero-order chi connectivity index (χ0) is 17.6. The number of likely N-dealkylation sites (tertiary alicyclic amines) is 1. The molecule has 7 nitrogen and oxygen atoms in total. The molecule has 1 saturated heterocycles. The molecular formula is C18H19N5O2. The van der Waals surface area contributed by atoms with Crippen molar-refractivity contribution in [2.45, 2.75) is 12.5 Å². The molecule has 0 aliphatic carbocycles. The Hall–Kier alpha value is -3.27. The first-order valence-electron chi connectivity index (χ1n) is 8.05. The lowest BCUT2D eigenvalue weighted by molar-refractivity contribution is 0.0783. The molecule has 1 aromatic heterocycles. The summed E-state index contributed by atoms with van der Waals surface area (Å²) in [6.07, 6.45) is 5.80. The fourth-order valence-corrected chi connectivity index (χ4v) is 2.79. The lowest BCUT2D eigenvalue weighted by Gasteiger charge is -2.16. The second-order valence-corrected chi connectivity index (χ2v) is 5.80. The van der Waals surface area contributed by atoms with E-state index in [4.69, 9.17) is 6.42 Å². The number of terminal acetylenes is 1. The van der Waals surface area contributed by atoms with Crippen molar-refractivity contribution >= 4 is 11.9 Å². The molecule has 2 heterocycles. The predicted octanol–water partition coefficient (Wildman–Crippen LogP) is 1.22. The number of amides is 3. The molecule has 3 amide bonds. The lowest BCUT2D eigenvalue weighted by atomic mass is 10.1. The van der Waals surface area contributed by atoms with Crippen LogP contribution in [-0.4, -0.2) is 52.7 Å². The van der Waals surface area contributed by atoms with Crippen LogP contribution in [0.2, 0.25) is 0 Å². The van der Waals surface area contributed by atoms with Crippen LogP contribution in [0.15, 0.2) is 36.4 Å². The minimum atomic E-state index is -0.315. The zero-order valence-corrected chi connectivity index (χ0v) is 13.7. The predicted molar refractivity (Wildman–Crippen MR) is 93.7 cm³/mol. The van der Waals surface area contributed by atoms with Crippen molar-refractivity contribution in [1.29, 1.82) is 0 Å². The number of hydrogen-bond donors (Lipinski definition) is 3. The maximum absolute atomic E-state index is 12.6. The highest BCUT2D eigenvalue weighted by atomic mass is 16.2. The summed E-state index contributed by atoms with van der Waals surface area (Å²) in [5.74, 6) is 2.22. The third kappa shape index (κ3) is 3.98. The van der Waals surface area contributed by atoms with Crippen LogP contribution >= 0.6 is 0 Å². The summed E-state index contributed by atoms with van der Waals surface area (Å²) in [4.78, 5) is 25.9. The standard InChI is InChI=1S/C18H19N5O2/c1-2-9-19-18(25)20-14-8-10-23(12-14)17(24)16-11-15(21-22-16)13-6-4-3-5-7-13/h1,3-7,11,14H,8-10,12H2,(H,21,22)(H2,19,20,25)/t14-/m1/s1. The average Bonchev–Trinajstić information content (AvgIpc) is 3.30. The van der Waals surface area contributed by atoms with Crippen molar-refractivity contribution in [3.05, 3.63) is 42.1 Å². The maximum Gasteiger partial charge on any atom is 0.315 e. The normalized spacial score (nSPS) is 16.3. The van der Waals surface area contributed by atoms with E-state index in [0.717, 1.165) is 11.3 Å². The highest BCUT2D eigenvalue weighted by molar-refractivity contribution is 5.93. The van der Waals surface area contributed by atoms with E-state index in [0.29, 0.717) is 25.2 Å². The highest BCUT2D eigenvalue weighted by Gasteiger charge is 2.28. The number of nitrogens with one attached hydrogen (secondary N) is 3. The third-order valence-corrected chi connectivity index (χ3v) is 4.04. The molecule has 0 saturated carbocycles. The van der Waals surface area contributed by atoms with E-state index in [-0.39, 0.29) is 24.5 Å². The first kappa shape index (κ1) is 16.6. The number of aromatic nitrogens is 2. The van der Waals surface area contributed by atoms with Gasteiger partial charge in [-0.3, -0.25) is 9.89 Å². The number of rotatable bonds is 4. The van der Waals surface area contributed by atoms with E-state index in [1.807, 2.05) is 30.3 Å². The summed E-state index contributed by atoms with van der Waals surface area (Å²) in [7, 11) is 0. The highest BCUT2D eigenvalue weighted by Crippen LogP contribution is 2.19. The monoisotopic (exact) mass is 337 g/mol. The number of nitrogens with zero attached hydrogens (tertiary/aromatic N) is 2. The number of hydrogen-bond acceptors (Lipinski definition) is 3. The number of carbonyl (C=O) groups excluding carboxylic acids is 2. The number of urea groups is 1. The summed E-state index contributed by atoms with van der Waals surface area (Å²) in [5.41, 5.74) is 2.12. The Morgan fingerprint density at radius 1 is 1.36 bits per heavy atom. The second kappa shape index (κ2) is 7.53. The summed E-state index contributed by atoms with van der Waals surface area (Å²) in [6, 6.07) is 11.0. The quantitative estimate of drug-likeness (QED) is 0.733. The first-order valence-corrected chi connectivity index (χ1v) is 8.05. The molecule has 1 aromatic carbocycles. The van der Waals surface area contributed by atoms with E-state index in [2.05, 4.69) is 26.8 Å². The van der Waals surface area contributed by atoms with Crippen LogP contribution in [0.4, 0.5) is 4.79 Å². The van der Waals surface area contributed by atoms with E-state index in [9.17, 15) is 9.59 Å². The first-order chi connectivity index (χ1) is 12.2. The Kier molecular flexibility index (Phi) is 5.00. The maximum atomic E-state index is 12.6. The Labute approximate surface area is 145 Å². The molecule has 25 heavy (non-hydrogen) atoms. The molecule has 1 fully saturated rings. The summed E-state index contributed by atoms with van der Waals surface area (Å²) >= 11 is 0. The molecule has 1 atom stereocenters. The van der Waals surface area contributed by atoms with Gasteiger partial charge in [0, 0.05) is 24.7 Å². The topological polar surface area (TPSA) is 90.1 Å². The average molecular weight is 337 g/mol. The molecule has 3 rings (SSSR count). The summed E-state index contributed by atoms with van der Waals surface area (Å²) in [6.45, 7) is 1.22. The molecule has 3 N–H and O–H groups in total. The van der Waals surface area contributed by atoms with Crippen LogP contribution in [0.25, 0.3) is 11.3 Å². The smallest absolute Gasteiger partial charge is 0.315 e. The fourth-order valence-electron chi connectivity index (χ4n) is 2.79. The van der Waals surface area contributed by atoms with Crippen LogP contribution in [0, 0.1) is 12.3 Å². The van der Waals surface area contributed by atoms with Gasteiger partial charge in [-0.15, -0.1) is 6.42 Å². The fraction of sp³-hybridized carbons (Fsp3) is 0.278. The molecule has 128 valence electrons. The third-order valence-electron chi connectivity index (χ3n) is 4.04. The number of aromatic amines is 1. The van der Waals surface area contributed by atoms with Crippen molar-refractivity contribution in [1.82, 2.24) is 25.7 Å². The Morgan fingerprint density at radius 2 is 2.16 bits per heavy atom. The van der Waals surface area contributed by atoms with Gasteiger partial charge in [0.05, 0.1) is 12.2 Å². The molecular weight excluding hydrogens is 318 g/mol. The number of benzene rings is 1. The summed E-state index contributed by atoms with van der Waals surface area (Å²) < 4.78 is 0. The molecule has 1 aliphatic rings. The van der Waals surface area contributed by atoms with Crippen molar-refractivity contribution in [3.8, 4) is 23.6 Å². The molecule has 2 aromatic rings. The van der Waals surface area contributed by atoms with Gasteiger partial charge in [-0.2, -0.15) is 5.10 Å². The van der Waals surface area contributed by atoms with E-state index < -0.39 is 0 Å². The van der Waals surface area contributed by atoms with Gasteiger partial charge in [0.2, 0.25) is 0 Å². The summed E-state index contributed by atoms with van der Waals surface area (Å²) in [5, 5.41) is 12.4. The van der Waals surface area contributed by atoms with Crippen molar-refractivity contribution in [2.24, 2.45) is 0 Å². The van der Waals surface area contributed by atoms with Crippen LogP contribution < -0.4 is 10.6 Å². The van der Waals surface area contributed by atoms with Crippen LogP contribution in [0.1, 0.15) is 16.9 Å². The van der Waals surface area contributed by atoms with Crippen molar-refractivity contribution in [3.63, 3.8) is 0 Å². The van der Waals surface area contributed by atoms with Crippen molar-refractivity contribution in [2.75, 3.05) is 19.6 Å². The van der Waals surface area contributed by atoms with Gasteiger partial charge in [0.25, 0.3) is 5.91 Å². The van der Waals surface area contributed by atoms with E-state index >= 15 is 0 Å². The van der Waals surface area contributed by atoms with Crippen LogP contribution in [0.3, 0.4) is 0 Å². The Balaban J connectivity index is 1.58. The molecule has 7 heteroatoms. The Morgan fingerprint density at radius 3 is 2.92 bits per heavy atom. The van der Waals surface area contributed by atoms with Gasteiger partial charge in [0.15, 0.2) is 0 Å². The molecule has 0 radical (unpaired) electrons. The largest absolute Gasteiger partial charge is 0.335 e. The van der Waals surface area contributed by atoms with Gasteiger partial charge >= 0.3 is 6.03 Å². The molecule has 0 unspecified atom stereocenters. The van der Waals surface area contributed by atoms with Gasteiger partial charge in [-0.1, -0.05) is 36.3 Å². The van der Waals surface area contributed by atoms with Crippen molar-refractivity contribution < 1.29 is 9.59 Å². The van der Waals surface area contributed by atoms with Gasteiger partial charge in [-0.25, -0.2) is 4.79 Å². The van der Waals surface area contributed by atoms with E-state index in [1.165, 1.54) is 0 Å². The minimum absolute atomic E-state index is 0.0850. The second-order valence-electron chi connectivity index (χ2n) is 5.80. The molecule has 1 aliphatic heterocycles. The Bertz CT molecular complexity index is 793. The van der Waals surface area contributed by atoms with Gasteiger partial charge in [0.1, 0.15) is 5.69 Å². The molecule has 0 spiro atoms. The minimum Gasteiger partial charge on any atom is -0.335 e. The lowest BCUT2D eigenvalue weighted by Crippen LogP contribution is -2.44. The van der Waals surface area contributed by atoms with E-state index in [1.54, 1.807) is 11.0 Å². The molecule has 0 bridgehead atoms. The van der Waals surface area contributed by atoms with Crippen LogP contribution in [-0.2, 0) is 0 Å². The van der Waals surface area contributed by atoms with Gasteiger partial charge < -0.3 is 15.5 Å². The van der Waals surface area contributed by atoms with Crippen LogP contribution in [0.5, 0.6) is 0 Å². The SMILES string of the molecule is C#CCNC(=O)N[C@@H]1CCN(C(=O)c2cc(-c3ccccc3)n[nH]2)C1. The number of carbonyl (C=O) groups is 2. The zero-order valence-electron chi connectivity index (χ0n) is 13.7.